The van der Waals surface area contributed by atoms with Crippen molar-refractivity contribution in [3.05, 3.63) is 35.9 Å². The van der Waals surface area contributed by atoms with E-state index in [2.05, 4.69) is 10.1 Å². The molecule has 0 aromatic heterocycles. The number of halogens is 3. The fourth-order valence-electron chi connectivity index (χ4n) is 1.63. The molecule has 23 heavy (non-hydrogen) atoms. The van der Waals surface area contributed by atoms with E-state index in [4.69, 9.17) is 4.74 Å². The van der Waals surface area contributed by atoms with Gasteiger partial charge in [0.15, 0.2) is 6.61 Å². The Morgan fingerprint density at radius 1 is 1.22 bits per heavy atom. The topological polar surface area (TPSA) is 64.6 Å². The fraction of sp³-hybridized carbons (Fsp3) is 0.333. The molecule has 0 atom stereocenters. The van der Waals surface area contributed by atoms with Crippen LogP contribution in [0.25, 0.3) is 6.08 Å². The van der Waals surface area contributed by atoms with Crippen LogP contribution in [-0.4, -0.2) is 30.9 Å². The molecule has 0 saturated heterocycles. The number of esters is 1. The highest BCUT2D eigenvalue weighted by Gasteiger charge is 2.30. The first-order valence-electron chi connectivity index (χ1n) is 6.82. The number of rotatable bonds is 6. The molecule has 5 nitrogen and oxygen atoms in total. The van der Waals surface area contributed by atoms with Gasteiger partial charge in [-0.2, -0.15) is 0 Å². The maximum absolute atomic E-state index is 12.0. The predicted molar refractivity (Wildman–Crippen MR) is 74.3 cm³/mol. The number of hydrogen-bond donors (Lipinski definition) is 1. The molecule has 0 heterocycles. The van der Waals surface area contributed by atoms with Crippen LogP contribution in [0.1, 0.15) is 18.4 Å². The second-order valence-corrected chi connectivity index (χ2v) is 4.90. The van der Waals surface area contributed by atoms with Crippen LogP contribution in [0.15, 0.2) is 30.3 Å². The fourth-order valence-corrected chi connectivity index (χ4v) is 1.63. The molecule has 1 fully saturated rings. The first-order valence-corrected chi connectivity index (χ1v) is 6.82. The SMILES string of the molecule is O=C(COC(=O)/C=C/c1ccc(OC(F)(F)F)cc1)NC1CC1. The minimum atomic E-state index is -4.75. The Morgan fingerprint density at radius 3 is 2.43 bits per heavy atom. The van der Waals surface area contributed by atoms with E-state index in [0.717, 1.165) is 31.1 Å². The molecule has 1 saturated carbocycles. The van der Waals surface area contributed by atoms with E-state index in [1.54, 1.807) is 0 Å². The average Bonchev–Trinajstić information content (AvgIpc) is 3.26. The molecule has 1 aliphatic carbocycles. The van der Waals surface area contributed by atoms with Crippen molar-refractivity contribution >= 4 is 18.0 Å². The number of hydrogen-bond acceptors (Lipinski definition) is 4. The molecule has 1 aromatic carbocycles. The number of ether oxygens (including phenoxy) is 2. The normalized spacial score (nSPS) is 14.6. The van der Waals surface area contributed by atoms with Crippen LogP contribution in [0.4, 0.5) is 13.2 Å². The van der Waals surface area contributed by atoms with Crippen LogP contribution in [0.5, 0.6) is 5.75 Å². The summed E-state index contributed by atoms with van der Waals surface area (Å²) >= 11 is 0. The second kappa shape index (κ2) is 7.17. The van der Waals surface area contributed by atoms with Crippen molar-refractivity contribution in [1.29, 1.82) is 0 Å². The van der Waals surface area contributed by atoms with Crippen LogP contribution in [-0.2, 0) is 14.3 Å². The van der Waals surface area contributed by atoms with Gasteiger partial charge in [-0.05, 0) is 36.6 Å². The van der Waals surface area contributed by atoms with Gasteiger partial charge >= 0.3 is 12.3 Å². The molecule has 1 aliphatic rings. The minimum absolute atomic E-state index is 0.189. The van der Waals surface area contributed by atoms with Gasteiger partial charge in [-0.15, -0.1) is 13.2 Å². The Labute approximate surface area is 130 Å². The molecule has 1 N–H and O–H groups in total. The first kappa shape index (κ1) is 16.9. The maximum Gasteiger partial charge on any atom is 0.573 e. The Morgan fingerprint density at radius 2 is 1.87 bits per heavy atom. The number of carbonyl (C=O) groups is 2. The van der Waals surface area contributed by atoms with Crippen molar-refractivity contribution in [2.24, 2.45) is 0 Å². The first-order chi connectivity index (χ1) is 10.8. The lowest BCUT2D eigenvalue weighted by Gasteiger charge is -2.08. The Balaban J connectivity index is 1.77. The number of alkyl halides is 3. The van der Waals surface area contributed by atoms with E-state index < -0.39 is 12.3 Å². The highest BCUT2D eigenvalue weighted by Crippen LogP contribution is 2.23. The highest BCUT2D eigenvalue weighted by atomic mass is 19.4. The molecule has 8 heteroatoms. The second-order valence-electron chi connectivity index (χ2n) is 4.90. The van der Waals surface area contributed by atoms with Gasteiger partial charge in [0.25, 0.3) is 5.91 Å². The van der Waals surface area contributed by atoms with Gasteiger partial charge in [-0.25, -0.2) is 4.79 Å². The van der Waals surface area contributed by atoms with Crippen molar-refractivity contribution in [2.45, 2.75) is 25.2 Å². The van der Waals surface area contributed by atoms with Gasteiger partial charge in [0, 0.05) is 12.1 Å². The summed E-state index contributed by atoms with van der Waals surface area (Å²) < 4.78 is 44.5. The zero-order chi connectivity index (χ0) is 16.9. The molecular formula is C15H14F3NO4. The molecule has 2 rings (SSSR count). The summed E-state index contributed by atoms with van der Waals surface area (Å²) in [7, 11) is 0. The largest absolute Gasteiger partial charge is 0.573 e. The lowest BCUT2D eigenvalue weighted by Crippen LogP contribution is -2.30. The van der Waals surface area contributed by atoms with E-state index in [0.29, 0.717) is 5.56 Å². The number of nitrogens with one attached hydrogen (secondary N) is 1. The van der Waals surface area contributed by atoms with E-state index in [-0.39, 0.29) is 24.3 Å². The van der Waals surface area contributed by atoms with Gasteiger partial charge in [0.2, 0.25) is 0 Å². The predicted octanol–water partition coefficient (Wildman–Crippen LogP) is 2.42. The number of benzene rings is 1. The summed E-state index contributed by atoms with van der Waals surface area (Å²) in [6.07, 6.45) is -0.425. The van der Waals surface area contributed by atoms with Crippen molar-refractivity contribution in [3.8, 4) is 5.75 Å². The molecule has 0 spiro atoms. The minimum Gasteiger partial charge on any atom is -0.452 e. The van der Waals surface area contributed by atoms with Crippen LogP contribution >= 0.6 is 0 Å². The summed E-state index contributed by atoms with van der Waals surface area (Å²) in [6.45, 7) is -0.363. The van der Waals surface area contributed by atoms with E-state index >= 15 is 0 Å². The van der Waals surface area contributed by atoms with E-state index in [1.165, 1.54) is 18.2 Å². The number of carbonyl (C=O) groups excluding carboxylic acids is 2. The van der Waals surface area contributed by atoms with Gasteiger partial charge < -0.3 is 14.8 Å². The Kier molecular flexibility index (Phi) is 5.25. The van der Waals surface area contributed by atoms with Crippen LogP contribution in [0, 0.1) is 0 Å². The lowest BCUT2D eigenvalue weighted by atomic mass is 10.2. The smallest absolute Gasteiger partial charge is 0.452 e. The Hall–Kier alpha value is -2.51. The third kappa shape index (κ3) is 6.86. The molecule has 1 amide bonds. The highest BCUT2D eigenvalue weighted by molar-refractivity contribution is 5.89. The van der Waals surface area contributed by atoms with Crippen LogP contribution < -0.4 is 10.1 Å². The third-order valence-corrected chi connectivity index (χ3v) is 2.81. The van der Waals surface area contributed by atoms with E-state index in [9.17, 15) is 22.8 Å². The van der Waals surface area contributed by atoms with Gasteiger partial charge in [0.05, 0.1) is 0 Å². The maximum atomic E-state index is 12.0. The third-order valence-electron chi connectivity index (χ3n) is 2.81. The monoisotopic (exact) mass is 329 g/mol. The molecule has 1 aromatic rings. The summed E-state index contributed by atoms with van der Waals surface area (Å²) in [5, 5.41) is 2.66. The molecule has 0 aliphatic heterocycles. The summed E-state index contributed by atoms with van der Waals surface area (Å²) in [5.74, 6) is -1.43. The van der Waals surface area contributed by atoms with Gasteiger partial charge in [-0.3, -0.25) is 4.79 Å². The average molecular weight is 329 g/mol. The summed E-state index contributed by atoms with van der Waals surface area (Å²) in [6, 6.07) is 5.15. The van der Waals surface area contributed by atoms with E-state index in [1.807, 2.05) is 0 Å². The van der Waals surface area contributed by atoms with Gasteiger partial charge in [-0.1, -0.05) is 12.1 Å². The molecule has 0 bridgehead atoms. The summed E-state index contributed by atoms with van der Waals surface area (Å²) in [5.41, 5.74) is 0.485. The standard InChI is InChI=1S/C15H14F3NO4/c16-15(17,18)23-12-6-1-10(2-7-12)3-8-14(21)22-9-13(20)19-11-4-5-11/h1-3,6-8,11H,4-5,9H2,(H,19,20)/b8-3+. The Bertz CT molecular complexity index is 592. The van der Waals surface area contributed by atoms with Crippen molar-refractivity contribution < 1.29 is 32.2 Å². The van der Waals surface area contributed by atoms with Gasteiger partial charge in [0.1, 0.15) is 5.75 Å². The number of amides is 1. The quantitative estimate of drug-likeness (QED) is 0.643. The zero-order valence-electron chi connectivity index (χ0n) is 11.9. The molecular weight excluding hydrogens is 315 g/mol. The van der Waals surface area contributed by atoms with Crippen LogP contribution in [0.3, 0.4) is 0 Å². The van der Waals surface area contributed by atoms with Crippen LogP contribution in [0.2, 0.25) is 0 Å². The van der Waals surface area contributed by atoms with Crippen molar-refractivity contribution in [2.75, 3.05) is 6.61 Å². The zero-order valence-corrected chi connectivity index (χ0v) is 11.9. The summed E-state index contributed by atoms with van der Waals surface area (Å²) in [4.78, 5) is 22.7. The van der Waals surface area contributed by atoms with Crippen molar-refractivity contribution in [3.63, 3.8) is 0 Å². The van der Waals surface area contributed by atoms with Crippen molar-refractivity contribution in [1.82, 2.24) is 5.32 Å². The lowest BCUT2D eigenvalue weighted by molar-refractivity contribution is -0.274. The molecule has 0 radical (unpaired) electrons. The molecule has 124 valence electrons. The molecule has 0 unspecified atom stereocenters.